The summed E-state index contributed by atoms with van der Waals surface area (Å²) < 4.78 is 14.5. The predicted molar refractivity (Wildman–Crippen MR) is 59.3 cm³/mol. The fraction of sp³-hybridized carbons (Fsp3) is 0.364. The first-order chi connectivity index (χ1) is 8.34. The van der Waals surface area contributed by atoms with Crippen molar-refractivity contribution in [2.75, 3.05) is 13.1 Å². The van der Waals surface area contributed by atoms with Gasteiger partial charge in [0.1, 0.15) is 5.82 Å². The van der Waals surface area contributed by atoms with Crippen LogP contribution >= 0.6 is 0 Å². The molecular weight excluding hydrogens is 221 g/mol. The van der Waals surface area contributed by atoms with Crippen LogP contribution in [0.4, 0.5) is 4.39 Å². The minimum atomic E-state index is -0.258. The van der Waals surface area contributed by atoms with Crippen molar-refractivity contribution in [2.24, 2.45) is 0 Å². The highest BCUT2D eigenvalue weighted by atomic mass is 19.1. The molecule has 6 heteroatoms. The van der Waals surface area contributed by atoms with Crippen molar-refractivity contribution < 1.29 is 4.39 Å². The average molecular weight is 233 g/mol. The summed E-state index contributed by atoms with van der Waals surface area (Å²) >= 11 is 0. The Labute approximate surface area is 97.6 Å². The van der Waals surface area contributed by atoms with E-state index in [1.54, 1.807) is 16.8 Å². The Kier molecular flexibility index (Phi) is 2.56. The fourth-order valence-electron chi connectivity index (χ4n) is 2.09. The van der Waals surface area contributed by atoms with Gasteiger partial charge in [0.25, 0.3) is 0 Å². The van der Waals surface area contributed by atoms with E-state index in [2.05, 4.69) is 20.8 Å². The van der Waals surface area contributed by atoms with Gasteiger partial charge in [-0.15, -0.1) is 5.10 Å². The van der Waals surface area contributed by atoms with Crippen LogP contribution in [-0.2, 0) is 0 Å². The van der Waals surface area contributed by atoms with E-state index >= 15 is 0 Å². The highest BCUT2D eigenvalue weighted by Crippen LogP contribution is 2.21. The van der Waals surface area contributed by atoms with Gasteiger partial charge < -0.3 is 5.32 Å². The monoisotopic (exact) mass is 233 g/mol. The van der Waals surface area contributed by atoms with E-state index < -0.39 is 0 Å². The van der Waals surface area contributed by atoms with Gasteiger partial charge in [0.2, 0.25) is 0 Å². The zero-order chi connectivity index (χ0) is 11.7. The molecule has 0 amide bonds. The quantitative estimate of drug-likeness (QED) is 0.836. The smallest absolute Gasteiger partial charge is 0.161 e. The SMILES string of the molecule is Fc1ccc(-n2nnnc2C2CCNC2)cc1. The van der Waals surface area contributed by atoms with Crippen molar-refractivity contribution in [2.45, 2.75) is 12.3 Å². The molecule has 1 saturated heterocycles. The molecule has 17 heavy (non-hydrogen) atoms. The van der Waals surface area contributed by atoms with Gasteiger partial charge in [-0.2, -0.15) is 4.68 Å². The standard InChI is InChI=1S/C11H12FN5/c12-9-1-3-10(4-2-9)17-11(14-15-16-17)8-5-6-13-7-8/h1-4,8,13H,5-7H2. The van der Waals surface area contributed by atoms with Crippen LogP contribution in [0.1, 0.15) is 18.2 Å². The fourth-order valence-corrected chi connectivity index (χ4v) is 2.09. The second-order valence-corrected chi connectivity index (χ2v) is 4.12. The largest absolute Gasteiger partial charge is 0.316 e. The van der Waals surface area contributed by atoms with Crippen molar-refractivity contribution in [3.63, 3.8) is 0 Å². The number of nitrogens with zero attached hydrogens (tertiary/aromatic N) is 4. The molecule has 3 rings (SSSR count). The highest BCUT2D eigenvalue weighted by molar-refractivity contribution is 5.31. The van der Waals surface area contributed by atoms with Gasteiger partial charge in [0.05, 0.1) is 5.69 Å². The molecular formula is C11H12FN5. The van der Waals surface area contributed by atoms with Gasteiger partial charge >= 0.3 is 0 Å². The molecule has 1 aliphatic rings. The van der Waals surface area contributed by atoms with Crippen LogP contribution in [0.3, 0.4) is 0 Å². The third kappa shape index (κ3) is 1.91. The molecule has 1 aromatic carbocycles. The molecule has 1 atom stereocenters. The summed E-state index contributed by atoms with van der Waals surface area (Å²) in [4.78, 5) is 0. The summed E-state index contributed by atoms with van der Waals surface area (Å²) in [5.41, 5.74) is 0.790. The van der Waals surface area contributed by atoms with Crippen molar-refractivity contribution in [3.05, 3.63) is 35.9 Å². The Morgan fingerprint density at radius 3 is 2.82 bits per heavy atom. The summed E-state index contributed by atoms with van der Waals surface area (Å²) in [6.45, 7) is 1.88. The first-order valence-electron chi connectivity index (χ1n) is 5.59. The highest BCUT2D eigenvalue weighted by Gasteiger charge is 2.23. The number of nitrogens with one attached hydrogen (secondary N) is 1. The van der Waals surface area contributed by atoms with E-state index in [9.17, 15) is 4.39 Å². The van der Waals surface area contributed by atoms with Gasteiger partial charge in [-0.25, -0.2) is 4.39 Å². The molecule has 5 nitrogen and oxygen atoms in total. The number of hydrogen-bond acceptors (Lipinski definition) is 4. The third-order valence-corrected chi connectivity index (χ3v) is 2.99. The normalized spacial score (nSPS) is 19.7. The maximum absolute atomic E-state index is 12.9. The topological polar surface area (TPSA) is 55.6 Å². The number of benzene rings is 1. The van der Waals surface area contributed by atoms with E-state index in [0.717, 1.165) is 31.0 Å². The van der Waals surface area contributed by atoms with Crippen LogP contribution in [0, 0.1) is 5.82 Å². The van der Waals surface area contributed by atoms with Gasteiger partial charge in [0, 0.05) is 12.5 Å². The van der Waals surface area contributed by atoms with Crippen LogP contribution in [0.2, 0.25) is 0 Å². The Morgan fingerprint density at radius 1 is 1.29 bits per heavy atom. The number of rotatable bonds is 2. The molecule has 2 heterocycles. The lowest BCUT2D eigenvalue weighted by Crippen LogP contribution is -2.12. The van der Waals surface area contributed by atoms with Gasteiger partial charge in [0.15, 0.2) is 5.82 Å². The van der Waals surface area contributed by atoms with Gasteiger partial charge in [-0.05, 0) is 47.7 Å². The Balaban J connectivity index is 1.97. The third-order valence-electron chi connectivity index (χ3n) is 2.99. The summed E-state index contributed by atoms with van der Waals surface area (Å²) in [5.74, 6) is 0.905. The number of hydrogen-bond donors (Lipinski definition) is 1. The maximum atomic E-state index is 12.9. The molecule has 0 aliphatic carbocycles. The molecule has 0 saturated carbocycles. The molecule has 0 bridgehead atoms. The summed E-state index contributed by atoms with van der Waals surface area (Å²) in [6, 6.07) is 6.18. The summed E-state index contributed by atoms with van der Waals surface area (Å²) in [5, 5.41) is 15.0. The van der Waals surface area contributed by atoms with E-state index in [1.807, 2.05) is 0 Å². The van der Waals surface area contributed by atoms with Crippen LogP contribution in [0.5, 0.6) is 0 Å². The van der Waals surface area contributed by atoms with Crippen molar-refractivity contribution in [1.82, 2.24) is 25.5 Å². The predicted octanol–water partition coefficient (Wildman–Crippen LogP) is 0.878. The lowest BCUT2D eigenvalue weighted by molar-refractivity contribution is 0.624. The minimum Gasteiger partial charge on any atom is -0.316 e. The summed E-state index contributed by atoms with van der Waals surface area (Å²) in [6.07, 6.45) is 1.03. The van der Waals surface area contributed by atoms with Crippen LogP contribution in [0.25, 0.3) is 5.69 Å². The van der Waals surface area contributed by atoms with Crippen molar-refractivity contribution in [3.8, 4) is 5.69 Å². The van der Waals surface area contributed by atoms with Crippen molar-refractivity contribution in [1.29, 1.82) is 0 Å². The molecule has 0 spiro atoms. The summed E-state index contributed by atoms with van der Waals surface area (Å²) in [7, 11) is 0. The lowest BCUT2D eigenvalue weighted by atomic mass is 10.1. The average Bonchev–Trinajstić information content (AvgIpc) is 3.00. The first-order valence-corrected chi connectivity index (χ1v) is 5.59. The molecule has 1 unspecified atom stereocenters. The van der Waals surface area contributed by atoms with Crippen LogP contribution in [-0.4, -0.2) is 33.3 Å². The Hall–Kier alpha value is -1.82. The second kappa shape index (κ2) is 4.21. The number of tetrazole rings is 1. The van der Waals surface area contributed by atoms with Gasteiger partial charge in [-0.3, -0.25) is 0 Å². The van der Waals surface area contributed by atoms with Crippen LogP contribution in [0.15, 0.2) is 24.3 Å². The number of halogens is 1. The van der Waals surface area contributed by atoms with E-state index in [1.165, 1.54) is 12.1 Å². The second-order valence-electron chi connectivity index (χ2n) is 4.12. The number of aromatic nitrogens is 4. The lowest BCUT2D eigenvalue weighted by Gasteiger charge is -2.08. The van der Waals surface area contributed by atoms with E-state index in [0.29, 0.717) is 5.92 Å². The van der Waals surface area contributed by atoms with E-state index in [4.69, 9.17) is 0 Å². The maximum Gasteiger partial charge on any atom is 0.161 e. The molecule has 1 aromatic heterocycles. The molecule has 1 aliphatic heterocycles. The Bertz CT molecular complexity index is 501. The molecule has 1 fully saturated rings. The Morgan fingerprint density at radius 2 is 2.12 bits per heavy atom. The van der Waals surface area contributed by atoms with E-state index in [-0.39, 0.29) is 5.82 Å². The minimum absolute atomic E-state index is 0.258. The molecule has 88 valence electrons. The van der Waals surface area contributed by atoms with Crippen molar-refractivity contribution >= 4 is 0 Å². The van der Waals surface area contributed by atoms with Crippen LogP contribution < -0.4 is 5.32 Å². The molecule has 2 aromatic rings. The molecule has 0 radical (unpaired) electrons. The zero-order valence-electron chi connectivity index (χ0n) is 9.17. The zero-order valence-corrected chi connectivity index (χ0v) is 9.17. The first kappa shape index (κ1) is 10.3. The molecule has 1 N–H and O–H groups in total. The van der Waals surface area contributed by atoms with Gasteiger partial charge in [-0.1, -0.05) is 0 Å².